The van der Waals surface area contributed by atoms with Crippen molar-refractivity contribution in [1.82, 2.24) is 14.8 Å². The van der Waals surface area contributed by atoms with Crippen LogP contribution < -0.4 is 0 Å². The Morgan fingerprint density at radius 3 is 2.75 bits per heavy atom. The van der Waals surface area contributed by atoms with Crippen LogP contribution in [-0.2, 0) is 12.3 Å². The molecular formula is C23H23N3S2. The maximum Gasteiger partial charge on any atom is 0.192 e. The van der Waals surface area contributed by atoms with Crippen molar-refractivity contribution < 1.29 is 0 Å². The molecule has 0 amide bonds. The van der Waals surface area contributed by atoms with Crippen LogP contribution in [0.25, 0.3) is 22.2 Å². The minimum absolute atomic E-state index is 0.523. The molecule has 2 heterocycles. The molecular weight excluding hydrogens is 382 g/mol. The van der Waals surface area contributed by atoms with Crippen molar-refractivity contribution >= 4 is 33.9 Å². The quantitative estimate of drug-likeness (QED) is 0.251. The van der Waals surface area contributed by atoms with E-state index in [4.69, 9.17) is 0 Å². The van der Waals surface area contributed by atoms with Gasteiger partial charge in [0.2, 0.25) is 0 Å². The Bertz CT molecular complexity index is 1100. The van der Waals surface area contributed by atoms with E-state index in [2.05, 4.69) is 89.1 Å². The van der Waals surface area contributed by atoms with E-state index in [1.807, 2.05) is 6.08 Å². The van der Waals surface area contributed by atoms with Gasteiger partial charge < -0.3 is 0 Å². The van der Waals surface area contributed by atoms with Crippen LogP contribution in [0.15, 0.2) is 71.7 Å². The lowest BCUT2D eigenvalue weighted by atomic mass is 10.1. The van der Waals surface area contributed by atoms with Crippen LogP contribution in [0.5, 0.6) is 0 Å². The number of thiophene rings is 1. The molecule has 2 aromatic carbocycles. The van der Waals surface area contributed by atoms with Gasteiger partial charge in [-0.2, -0.15) is 0 Å². The fourth-order valence-corrected chi connectivity index (χ4v) is 5.09. The molecule has 0 atom stereocenters. The van der Waals surface area contributed by atoms with Crippen molar-refractivity contribution in [3.63, 3.8) is 0 Å². The predicted octanol–water partition coefficient (Wildman–Crippen LogP) is 6.76. The van der Waals surface area contributed by atoms with Crippen LogP contribution in [0.1, 0.15) is 30.2 Å². The average Bonchev–Trinajstić information content (AvgIpc) is 3.34. The topological polar surface area (TPSA) is 30.7 Å². The molecule has 0 aliphatic rings. The summed E-state index contributed by atoms with van der Waals surface area (Å²) in [6.45, 7) is 9.06. The second-order valence-corrected chi connectivity index (χ2v) is 8.91. The summed E-state index contributed by atoms with van der Waals surface area (Å²) in [5, 5.41) is 14.7. The summed E-state index contributed by atoms with van der Waals surface area (Å²) in [7, 11) is 0. The molecule has 0 saturated carbocycles. The second-order valence-electron chi connectivity index (χ2n) is 7.02. The van der Waals surface area contributed by atoms with Gasteiger partial charge in [0, 0.05) is 28.1 Å². The largest absolute Gasteiger partial charge is 0.298 e. The molecule has 0 bridgehead atoms. The zero-order chi connectivity index (χ0) is 19.5. The number of benzene rings is 2. The molecule has 5 heteroatoms. The standard InChI is InChI=1S/C23H23N3S2/c1-4-12-26-22(19-13-21(16(2)3)27-15-19)24-25-23(26)28-14-18-10-7-9-17-8-5-6-11-20(17)18/h4-11,13,15-16H,1,12,14H2,2-3H3. The molecule has 0 fully saturated rings. The molecule has 142 valence electrons. The van der Waals surface area contributed by atoms with Crippen molar-refractivity contribution in [1.29, 1.82) is 0 Å². The molecule has 3 nitrogen and oxygen atoms in total. The molecule has 0 aliphatic heterocycles. The first kappa shape index (κ1) is 19.0. The zero-order valence-corrected chi connectivity index (χ0v) is 17.8. The summed E-state index contributed by atoms with van der Waals surface area (Å²) in [4.78, 5) is 1.37. The molecule has 0 saturated heterocycles. The molecule has 4 aromatic rings. The number of nitrogens with zero attached hydrogens (tertiary/aromatic N) is 3. The normalized spacial score (nSPS) is 11.4. The third kappa shape index (κ3) is 3.77. The third-order valence-corrected chi connectivity index (χ3v) is 6.96. The fourth-order valence-electron chi connectivity index (χ4n) is 3.24. The molecule has 0 spiro atoms. The fraction of sp³-hybridized carbons (Fsp3) is 0.217. The Hall–Kier alpha value is -2.37. The number of thioether (sulfide) groups is 1. The number of aromatic nitrogens is 3. The molecule has 0 radical (unpaired) electrons. The summed E-state index contributed by atoms with van der Waals surface area (Å²) < 4.78 is 2.16. The highest BCUT2D eigenvalue weighted by molar-refractivity contribution is 7.98. The third-order valence-electron chi connectivity index (χ3n) is 4.71. The molecule has 28 heavy (non-hydrogen) atoms. The van der Waals surface area contributed by atoms with Gasteiger partial charge in [-0.05, 0) is 28.3 Å². The van der Waals surface area contributed by atoms with Gasteiger partial charge in [-0.25, -0.2) is 0 Å². The lowest BCUT2D eigenvalue weighted by Gasteiger charge is -2.08. The van der Waals surface area contributed by atoms with Crippen LogP contribution in [0.2, 0.25) is 0 Å². The van der Waals surface area contributed by atoms with Crippen LogP contribution in [0.4, 0.5) is 0 Å². The van der Waals surface area contributed by atoms with Gasteiger partial charge in [-0.15, -0.1) is 28.1 Å². The van der Waals surface area contributed by atoms with E-state index < -0.39 is 0 Å². The van der Waals surface area contributed by atoms with E-state index in [0.717, 1.165) is 22.3 Å². The maximum atomic E-state index is 4.50. The summed E-state index contributed by atoms with van der Waals surface area (Å²) in [6.07, 6.45) is 1.91. The van der Waals surface area contributed by atoms with Gasteiger partial charge in [0.05, 0.1) is 0 Å². The van der Waals surface area contributed by atoms with Gasteiger partial charge >= 0.3 is 0 Å². The zero-order valence-electron chi connectivity index (χ0n) is 16.1. The number of fused-ring (bicyclic) bond motifs is 1. The van der Waals surface area contributed by atoms with Crippen molar-refractivity contribution in [3.8, 4) is 11.4 Å². The molecule has 4 rings (SSSR count). The molecule has 0 N–H and O–H groups in total. The van der Waals surface area contributed by atoms with E-state index >= 15 is 0 Å². The summed E-state index contributed by atoms with van der Waals surface area (Å²) >= 11 is 3.51. The van der Waals surface area contributed by atoms with E-state index in [9.17, 15) is 0 Å². The lowest BCUT2D eigenvalue weighted by molar-refractivity contribution is 0.731. The van der Waals surface area contributed by atoms with E-state index in [-0.39, 0.29) is 0 Å². The number of allylic oxidation sites excluding steroid dienone is 1. The smallest absolute Gasteiger partial charge is 0.192 e. The SMILES string of the molecule is C=CCn1c(SCc2cccc3ccccc23)nnc1-c1csc(C(C)C)c1. The van der Waals surface area contributed by atoms with Crippen molar-refractivity contribution in [2.45, 2.75) is 37.2 Å². The first-order valence-electron chi connectivity index (χ1n) is 9.39. The minimum Gasteiger partial charge on any atom is -0.298 e. The average molecular weight is 406 g/mol. The summed E-state index contributed by atoms with van der Waals surface area (Å²) in [5.74, 6) is 2.30. The number of hydrogen-bond donors (Lipinski definition) is 0. The lowest BCUT2D eigenvalue weighted by Crippen LogP contribution is -2.00. The van der Waals surface area contributed by atoms with Gasteiger partial charge in [0.25, 0.3) is 0 Å². The Labute approximate surface area is 174 Å². The Balaban J connectivity index is 1.62. The summed E-state index contributed by atoms with van der Waals surface area (Å²) in [5.41, 5.74) is 2.45. The van der Waals surface area contributed by atoms with E-state index in [0.29, 0.717) is 12.5 Å². The van der Waals surface area contributed by atoms with Gasteiger partial charge in [0.15, 0.2) is 11.0 Å². The second kappa shape index (κ2) is 8.33. The van der Waals surface area contributed by atoms with E-state index in [1.165, 1.54) is 21.2 Å². The first-order valence-corrected chi connectivity index (χ1v) is 11.3. The molecule has 2 aromatic heterocycles. The monoisotopic (exact) mass is 405 g/mol. The molecule has 0 unspecified atom stereocenters. The van der Waals surface area contributed by atoms with Gasteiger partial charge in [-0.3, -0.25) is 4.57 Å². The summed E-state index contributed by atoms with van der Waals surface area (Å²) in [6, 6.07) is 17.2. The Kier molecular flexibility index (Phi) is 5.64. The molecule has 0 aliphatic carbocycles. The van der Waals surface area contributed by atoms with Crippen LogP contribution in [-0.4, -0.2) is 14.8 Å². The highest BCUT2D eigenvalue weighted by atomic mass is 32.2. The van der Waals surface area contributed by atoms with E-state index in [1.54, 1.807) is 23.1 Å². The Morgan fingerprint density at radius 1 is 1.14 bits per heavy atom. The highest BCUT2D eigenvalue weighted by Gasteiger charge is 2.16. The van der Waals surface area contributed by atoms with Crippen LogP contribution in [0.3, 0.4) is 0 Å². The van der Waals surface area contributed by atoms with Crippen LogP contribution in [0, 0.1) is 0 Å². The van der Waals surface area contributed by atoms with Crippen molar-refractivity contribution in [2.75, 3.05) is 0 Å². The van der Waals surface area contributed by atoms with Crippen molar-refractivity contribution in [3.05, 3.63) is 77.0 Å². The van der Waals surface area contributed by atoms with Gasteiger partial charge in [-0.1, -0.05) is 74.1 Å². The first-order chi connectivity index (χ1) is 13.7. The minimum atomic E-state index is 0.523. The Morgan fingerprint density at radius 2 is 1.96 bits per heavy atom. The highest BCUT2D eigenvalue weighted by Crippen LogP contribution is 2.32. The predicted molar refractivity (Wildman–Crippen MR) is 121 cm³/mol. The van der Waals surface area contributed by atoms with Crippen molar-refractivity contribution in [2.24, 2.45) is 0 Å². The number of hydrogen-bond acceptors (Lipinski definition) is 4. The van der Waals surface area contributed by atoms with Crippen LogP contribution >= 0.6 is 23.1 Å². The number of rotatable bonds is 7. The van der Waals surface area contributed by atoms with Gasteiger partial charge in [0.1, 0.15) is 0 Å². The maximum absolute atomic E-state index is 4.50.